The lowest BCUT2D eigenvalue weighted by molar-refractivity contribution is 1.17. The number of benzene rings is 2. The van der Waals surface area contributed by atoms with Gasteiger partial charge >= 0.3 is 0 Å². The molecule has 0 aliphatic carbocycles. The number of hydrogen-bond acceptors (Lipinski definition) is 3. The zero-order chi connectivity index (χ0) is 15.5. The SMILES string of the molecule is Br.CCc1sc(Nc2ccc(C)cc2)nc1-c1ccc(Cl)cc1. The minimum atomic E-state index is 0. The third-order valence-corrected chi connectivity index (χ3v) is 4.81. The average molecular weight is 410 g/mol. The minimum Gasteiger partial charge on any atom is -0.332 e. The quantitative estimate of drug-likeness (QED) is 0.521. The molecule has 1 N–H and O–H groups in total. The molecule has 1 heterocycles. The van der Waals surface area contributed by atoms with E-state index in [1.165, 1.54) is 10.4 Å². The van der Waals surface area contributed by atoms with Crippen LogP contribution in [0.15, 0.2) is 48.5 Å². The van der Waals surface area contributed by atoms with Crippen molar-refractivity contribution in [3.8, 4) is 11.3 Å². The molecule has 23 heavy (non-hydrogen) atoms. The van der Waals surface area contributed by atoms with Gasteiger partial charge in [0, 0.05) is 21.2 Å². The Labute approximate surface area is 156 Å². The van der Waals surface area contributed by atoms with Crippen LogP contribution in [0.25, 0.3) is 11.3 Å². The van der Waals surface area contributed by atoms with Gasteiger partial charge in [0.2, 0.25) is 0 Å². The molecule has 0 amide bonds. The molecule has 2 aromatic carbocycles. The molecule has 0 bridgehead atoms. The maximum absolute atomic E-state index is 5.97. The second-order valence-corrected chi connectivity index (χ2v) is 6.66. The van der Waals surface area contributed by atoms with E-state index in [9.17, 15) is 0 Å². The number of anilines is 2. The molecule has 3 rings (SSSR count). The number of thiazole rings is 1. The lowest BCUT2D eigenvalue weighted by Gasteiger charge is -2.02. The van der Waals surface area contributed by atoms with Crippen LogP contribution >= 0.6 is 39.9 Å². The first kappa shape index (κ1) is 18.0. The molecule has 2 nitrogen and oxygen atoms in total. The summed E-state index contributed by atoms with van der Waals surface area (Å²) in [5.74, 6) is 0. The van der Waals surface area contributed by atoms with Crippen LogP contribution in [0, 0.1) is 6.92 Å². The molecular weight excluding hydrogens is 392 g/mol. The van der Waals surface area contributed by atoms with Crippen molar-refractivity contribution in [3.05, 3.63) is 64.0 Å². The summed E-state index contributed by atoms with van der Waals surface area (Å²) in [7, 11) is 0. The first-order chi connectivity index (χ1) is 10.7. The normalized spacial score (nSPS) is 10.2. The van der Waals surface area contributed by atoms with Crippen LogP contribution in [-0.2, 0) is 6.42 Å². The van der Waals surface area contributed by atoms with Crippen LogP contribution in [-0.4, -0.2) is 4.98 Å². The summed E-state index contributed by atoms with van der Waals surface area (Å²) in [6.45, 7) is 4.24. The summed E-state index contributed by atoms with van der Waals surface area (Å²) in [6, 6.07) is 16.2. The van der Waals surface area contributed by atoms with Gasteiger partial charge in [-0.2, -0.15) is 0 Å². The Morgan fingerprint density at radius 3 is 2.30 bits per heavy atom. The van der Waals surface area contributed by atoms with E-state index in [1.807, 2.05) is 24.3 Å². The first-order valence-electron chi connectivity index (χ1n) is 7.25. The van der Waals surface area contributed by atoms with E-state index in [2.05, 4.69) is 43.4 Å². The summed E-state index contributed by atoms with van der Waals surface area (Å²) in [5, 5.41) is 5.06. The van der Waals surface area contributed by atoms with Gasteiger partial charge in [0.05, 0.1) is 5.69 Å². The van der Waals surface area contributed by atoms with E-state index in [-0.39, 0.29) is 17.0 Å². The van der Waals surface area contributed by atoms with Gasteiger partial charge in [-0.1, -0.05) is 48.4 Å². The van der Waals surface area contributed by atoms with Gasteiger partial charge in [-0.05, 0) is 37.6 Å². The maximum atomic E-state index is 5.97. The summed E-state index contributed by atoms with van der Waals surface area (Å²) < 4.78 is 0. The van der Waals surface area contributed by atoms with Gasteiger partial charge in [0.15, 0.2) is 5.13 Å². The standard InChI is InChI=1S/C18H17ClN2S.BrH/c1-3-16-17(13-6-8-14(19)9-7-13)21-18(22-16)20-15-10-4-12(2)5-11-15;/h4-11H,3H2,1-2H3,(H,20,21);1H. The topological polar surface area (TPSA) is 24.9 Å². The molecule has 0 fully saturated rings. The van der Waals surface area contributed by atoms with E-state index in [4.69, 9.17) is 16.6 Å². The van der Waals surface area contributed by atoms with Crippen LogP contribution in [0.2, 0.25) is 5.02 Å². The first-order valence-corrected chi connectivity index (χ1v) is 8.44. The van der Waals surface area contributed by atoms with Crippen molar-refractivity contribution in [2.75, 3.05) is 5.32 Å². The highest BCUT2D eigenvalue weighted by atomic mass is 79.9. The molecule has 0 unspecified atom stereocenters. The fourth-order valence-corrected chi connectivity index (χ4v) is 3.31. The Hall–Kier alpha value is -1.36. The predicted octanol–water partition coefficient (Wildman–Crippen LogP) is 6.66. The highest BCUT2D eigenvalue weighted by Crippen LogP contribution is 2.33. The van der Waals surface area contributed by atoms with Gasteiger partial charge in [0.1, 0.15) is 0 Å². The minimum absolute atomic E-state index is 0. The molecule has 3 aromatic rings. The third kappa shape index (κ3) is 4.34. The number of aryl methyl sites for hydroxylation is 2. The predicted molar refractivity (Wildman–Crippen MR) is 107 cm³/mol. The van der Waals surface area contributed by atoms with Gasteiger partial charge in [-0.3, -0.25) is 0 Å². The van der Waals surface area contributed by atoms with Crippen molar-refractivity contribution in [2.24, 2.45) is 0 Å². The molecule has 120 valence electrons. The Bertz CT molecular complexity index is 767. The number of halogens is 2. The molecule has 5 heteroatoms. The monoisotopic (exact) mass is 408 g/mol. The van der Waals surface area contributed by atoms with Crippen LogP contribution in [0.5, 0.6) is 0 Å². The van der Waals surface area contributed by atoms with E-state index < -0.39 is 0 Å². The second-order valence-electron chi connectivity index (χ2n) is 5.14. The average Bonchev–Trinajstić information content (AvgIpc) is 2.93. The molecule has 0 saturated carbocycles. The highest BCUT2D eigenvalue weighted by molar-refractivity contribution is 8.93. The number of hydrogen-bond donors (Lipinski definition) is 1. The van der Waals surface area contributed by atoms with Crippen LogP contribution in [0.4, 0.5) is 10.8 Å². The maximum Gasteiger partial charge on any atom is 0.187 e. The Kier molecular flexibility index (Phi) is 6.22. The van der Waals surface area contributed by atoms with Crippen molar-refractivity contribution >= 4 is 50.7 Å². The van der Waals surface area contributed by atoms with Gasteiger partial charge in [-0.15, -0.1) is 28.3 Å². The molecular formula is C18H18BrClN2S. The van der Waals surface area contributed by atoms with Gasteiger partial charge in [-0.25, -0.2) is 4.98 Å². The summed E-state index contributed by atoms with van der Waals surface area (Å²) in [5.41, 5.74) is 4.46. The van der Waals surface area contributed by atoms with Crippen molar-refractivity contribution in [3.63, 3.8) is 0 Å². The van der Waals surface area contributed by atoms with Crippen LogP contribution < -0.4 is 5.32 Å². The highest BCUT2D eigenvalue weighted by Gasteiger charge is 2.12. The van der Waals surface area contributed by atoms with E-state index in [0.717, 1.165) is 33.5 Å². The number of rotatable bonds is 4. The molecule has 0 atom stereocenters. The Balaban J connectivity index is 0.00000192. The molecule has 1 aromatic heterocycles. The second kappa shape index (κ2) is 7.95. The van der Waals surface area contributed by atoms with E-state index >= 15 is 0 Å². The molecule has 0 radical (unpaired) electrons. The van der Waals surface area contributed by atoms with Crippen molar-refractivity contribution < 1.29 is 0 Å². The van der Waals surface area contributed by atoms with Gasteiger partial charge in [0.25, 0.3) is 0 Å². The summed E-state index contributed by atoms with van der Waals surface area (Å²) >= 11 is 7.67. The van der Waals surface area contributed by atoms with Crippen molar-refractivity contribution in [2.45, 2.75) is 20.3 Å². The Morgan fingerprint density at radius 2 is 1.70 bits per heavy atom. The smallest absolute Gasteiger partial charge is 0.187 e. The Morgan fingerprint density at radius 1 is 1.04 bits per heavy atom. The number of nitrogens with zero attached hydrogens (tertiary/aromatic N) is 1. The number of aromatic nitrogens is 1. The number of nitrogens with one attached hydrogen (secondary N) is 1. The van der Waals surface area contributed by atoms with Gasteiger partial charge < -0.3 is 5.32 Å². The van der Waals surface area contributed by atoms with Crippen molar-refractivity contribution in [1.29, 1.82) is 0 Å². The fraction of sp³-hybridized carbons (Fsp3) is 0.167. The van der Waals surface area contributed by atoms with E-state index in [1.54, 1.807) is 11.3 Å². The summed E-state index contributed by atoms with van der Waals surface area (Å²) in [4.78, 5) is 6.04. The molecule has 0 saturated heterocycles. The zero-order valence-electron chi connectivity index (χ0n) is 13.0. The third-order valence-electron chi connectivity index (χ3n) is 3.44. The van der Waals surface area contributed by atoms with Crippen LogP contribution in [0.3, 0.4) is 0 Å². The van der Waals surface area contributed by atoms with E-state index in [0.29, 0.717) is 0 Å². The molecule has 0 spiro atoms. The molecule has 0 aliphatic heterocycles. The van der Waals surface area contributed by atoms with Crippen LogP contribution in [0.1, 0.15) is 17.4 Å². The molecule has 0 aliphatic rings. The van der Waals surface area contributed by atoms with Crippen molar-refractivity contribution in [1.82, 2.24) is 4.98 Å². The lowest BCUT2D eigenvalue weighted by atomic mass is 10.1. The summed E-state index contributed by atoms with van der Waals surface area (Å²) in [6.07, 6.45) is 0.963. The lowest BCUT2D eigenvalue weighted by Crippen LogP contribution is -1.89. The fourth-order valence-electron chi connectivity index (χ4n) is 2.24. The zero-order valence-corrected chi connectivity index (χ0v) is 16.3. The largest absolute Gasteiger partial charge is 0.332 e.